The van der Waals surface area contributed by atoms with Gasteiger partial charge in [0.15, 0.2) is 0 Å². The molecule has 0 unspecified atom stereocenters. The number of imidazole rings is 1. The molecule has 24 heavy (non-hydrogen) atoms. The number of hydrogen-bond donors (Lipinski definition) is 1. The SMILES string of the molecule is O=C1c2ccccc2C(=O)N1c1ccc2nc(C(F)(F)F)[nH]c2c1. The van der Waals surface area contributed by atoms with Crippen molar-refractivity contribution >= 4 is 28.5 Å². The number of carbonyl (C=O) groups excluding carboxylic acids is 2. The highest BCUT2D eigenvalue weighted by Gasteiger charge is 2.37. The van der Waals surface area contributed by atoms with Crippen LogP contribution in [0.4, 0.5) is 18.9 Å². The number of aromatic amines is 1. The van der Waals surface area contributed by atoms with Crippen LogP contribution in [-0.2, 0) is 6.18 Å². The number of fused-ring (bicyclic) bond motifs is 2. The molecule has 4 rings (SSSR count). The number of aromatic nitrogens is 2. The molecule has 1 N–H and O–H groups in total. The van der Waals surface area contributed by atoms with Crippen LogP contribution in [0.25, 0.3) is 11.0 Å². The number of imide groups is 1. The minimum Gasteiger partial charge on any atom is -0.334 e. The zero-order chi connectivity index (χ0) is 17.1. The van der Waals surface area contributed by atoms with Gasteiger partial charge in [0.2, 0.25) is 5.82 Å². The lowest BCUT2D eigenvalue weighted by Crippen LogP contribution is -2.29. The van der Waals surface area contributed by atoms with Gasteiger partial charge in [-0.15, -0.1) is 0 Å². The molecule has 3 aromatic rings. The Labute approximate surface area is 132 Å². The first-order valence-electron chi connectivity index (χ1n) is 6.91. The third kappa shape index (κ3) is 1.99. The predicted molar refractivity (Wildman–Crippen MR) is 78.7 cm³/mol. The summed E-state index contributed by atoms with van der Waals surface area (Å²) in [5, 5.41) is 0. The summed E-state index contributed by atoms with van der Waals surface area (Å²) in [6.07, 6.45) is -4.60. The van der Waals surface area contributed by atoms with Crippen LogP contribution in [0.1, 0.15) is 26.5 Å². The molecule has 120 valence electrons. The molecule has 1 aliphatic heterocycles. The van der Waals surface area contributed by atoms with Crippen LogP contribution < -0.4 is 4.90 Å². The lowest BCUT2D eigenvalue weighted by Gasteiger charge is -2.13. The second-order valence-electron chi connectivity index (χ2n) is 5.28. The van der Waals surface area contributed by atoms with Crippen molar-refractivity contribution in [2.75, 3.05) is 4.90 Å². The number of benzene rings is 2. The molecule has 0 spiro atoms. The second-order valence-corrected chi connectivity index (χ2v) is 5.28. The molecule has 8 heteroatoms. The van der Waals surface area contributed by atoms with Gasteiger partial charge in [-0.3, -0.25) is 9.59 Å². The quantitative estimate of drug-likeness (QED) is 0.695. The van der Waals surface area contributed by atoms with E-state index in [-0.39, 0.29) is 27.8 Å². The van der Waals surface area contributed by atoms with Gasteiger partial charge in [0.1, 0.15) is 0 Å². The molecule has 1 aromatic heterocycles. The van der Waals surface area contributed by atoms with Crippen LogP contribution in [-0.4, -0.2) is 21.8 Å². The van der Waals surface area contributed by atoms with Crippen LogP contribution in [0.15, 0.2) is 42.5 Å². The summed E-state index contributed by atoms with van der Waals surface area (Å²) >= 11 is 0. The molecule has 0 atom stereocenters. The van der Waals surface area contributed by atoms with E-state index in [1.807, 2.05) is 0 Å². The van der Waals surface area contributed by atoms with Crippen LogP contribution in [0, 0.1) is 0 Å². The van der Waals surface area contributed by atoms with Crippen molar-refractivity contribution in [3.63, 3.8) is 0 Å². The van der Waals surface area contributed by atoms with E-state index in [0.717, 1.165) is 4.90 Å². The number of nitrogens with one attached hydrogen (secondary N) is 1. The maximum atomic E-state index is 12.7. The molecule has 2 amide bonds. The molecule has 2 heterocycles. The molecule has 0 radical (unpaired) electrons. The fourth-order valence-corrected chi connectivity index (χ4v) is 2.69. The monoisotopic (exact) mass is 331 g/mol. The molecule has 0 bridgehead atoms. The van der Waals surface area contributed by atoms with Gasteiger partial charge >= 0.3 is 6.18 Å². The molecule has 0 saturated carbocycles. The maximum absolute atomic E-state index is 12.7. The summed E-state index contributed by atoms with van der Waals surface area (Å²) in [4.78, 5) is 31.4. The highest BCUT2D eigenvalue weighted by Crippen LogP contribution is 2.32. The third-order valence-electron chi connectivity index (χ3n) is 3.79. The minimum atomic E-state index is -4.60. The molecule has 1 aliphatic rings. The largest absolute Gasteiger partial charge is 0.449 e. The number of H-pyrrole nitrogens is 1. The highest BCUT2D eigenvalue weighted by molar-refractivity contribution is 6.34. The minimum absolute atomic E-state index is 0.0939. The Bertz CT molecular complexity index is 972. The first-order chi connectivity index (χ1) is 11.4. The van der Waals surface area contributed by atoms with E-state index >= 15 is 0 Å². The molecular formula is C16H8F3N3O2. The second kappa shape index (κ2) is 4.67. The average Bonchev–Trinajstić information content (AvgIpc) is 3.07. The van der Waals surface area contributed by atoms with Gasteiger partial charge in [-0.2, -0.15) is 13.2 Å². The first-order valence-corrected chi connectivity index (χ1v) is 6.91. The Kier molecular flexibility index (Phi) is 2.81. The van der Waals surface area contributed by atoms with Gasteiger partial charge in [-0.25, -0.2) is 9.88 Å². The summed E-state index contributed by atoms with van der Waals surface area (Å²) in [6, 6.07) is 10.4. The van der Waals surface area contributed by atoms with E-state index in [0.29, 0.717) is 0 Å². The number of amides is 2. The van der Waals surface area contributed by atoms with Crippen molar-refractivity contribution in [2.45, 2.75) is 6.18 Å². The van der Waals surface area contributed by atoms with E-state index in [1.54, 1.807) is 12.1 Å². The van der Waals surface area contributed by atoms with Crippen LogP contribution in [0.2, 0.25) is 0 Å². The zero-order valence-corrected chi connectivity index (χ0v) is 11.9. The van der Waals surface area contributed by atoms with Gasteiger partial charge in [-0.05, 0) is 30.3 Å². The summed E-state index contributed by atoms with van der Waals surface area (Å²) < 4.78 is 38.2. The number of nitrogens with zero attached hydrogens (tertiary/aromatic N) is 2. The van der Waals surface area contributed by atoms with Crippen molar-refractivity contribution in [1.82, 2.24) is 9.97 Å². The Morgan fingerprint density at radius 2 is 1.58 bits per heavy atom. The van der Waals surface area contributed by atoms with Gasteiger partial charge in [0.05, 0.1) is 27.8 Å². The number of alkyl halides is 3. The number of carbonyl (C=O) groups is 2. The summed E-state index contributed by atoms with van der Waals surface area (Å²) in [5.74, 6) is -2.15. The van der Waals surface area contributed by atoms with E-state index < -0.39 is 23.8 Å². The first kappa shape index (κ1) is 14.4. The predicted octanol–water partition coefficient (Wildman–Crippen LogP) is 3.38. The smallest absolute Gasteiger partial charge is 0.334 e. The van der Waals surface area contributed by atoms with Crippen LogP contribution >= 0.6 is 0 Å². The van der Waals surface area contributed by atoms with Gasteiger partial charge in [0, 0.05) is 0 Å². The van der Waals surface area contributed by atoms with E-state index in [2.05, 4.69) is 9.97 Å². The standard InChI is InChI=1S/C16H8F3N3O2/c17-16(18,19)15-20-11-6-5-8(7-12(11)21-15)22-13(23)9-3-1-2-4-10(9)14(22)24/h1-7H,(H,20,21). The average molecular weight is 331 g/mol. The molecule has 0 fully saturated rings. The van der Waals surface area contributed by atoms with Crippen LogP contribution in [0.5, 0.6) is 0 Å². The molecule has 0 saturated heterocycles. The van der Waals surface area contributed by atoms with Crippen molar-refractivity contribution in [2.24, 2.45) is 0 Å². The Hall–Kier alpha value is -3.16. The van der Waals surface area contributed by atoms with Gasteiger partial charge in [0.25, 0.3) is 11.8 Å². The molecule has 2 aromatic carbocycles. The van der Waals surface area contributed by atoms with E-state index in [4.69, 9.17) is 0 Å². The molecular weight excluding hydrogens is 323 g/mol. The summed E-state index contributed by atoms with van der Waals surface area (Å²) in [6.45, 7) is 0. The Balaban J connectivity index is 1.81. The van der Waals surface area contributed by atoms with Gasteiger partial charge in [-0.1, -0.05) is 12.1 Å². The summed E-state index contributed by atoms with van der Waals surface area (Å²) in [7, 11) is 0. The highest BCUT2D eigenvalue weighted by atomic mass is 19.4. The fraction of sp³-hybridized carbons (Fsp3) is 0.0625. The van der Waals surface area contributed by atoms with Crippen molar-refractivity contribution in [1.29, 1.82) is 0 Å². The number of halogens is 3. The molecule has 5 nitrogen and oxygen atoms in total. The normalized spacial score (nSPS) is 14.5. The van der Waals surface area contributed by atoms with Crippen molar-refractivity contribution in [3.05, 3.63) is 59.4 Å². The summed E-state index contributed by atoms with van der Waals surface area (Å²) in [5.41, 5.74) is 0.913. The van der Waals surface area contributed by atoms with Crippen molar-refractivity contribution < 1.29 is 22.8 Å². The third-order valence-corrected chi connectivity index (χ3v) is 3.79. The zero-order valence-electron chi connectivity index (χ0n) is 11.9. The number of anilines is 1. The van der Waals surface area contributed by atoms with E-state index in [9.17, 15) is 22.8 Å². The number of hydrogen-bond acceptors (Lipinski definition) is 3. The topological polar surface area (TPSA) is 66.1 Å². The lowest BCUT2D eigenvalue weighted by molar-refractivity contribution is -0.144. The van der Waals surface area contributed by atoms with Crippen molar-refractivity contribution in [3.8, 4) is 0 Å². The number of rotatable bonds is 1. The molecule has 0 aliphatic carbocycles. The fourth-order valence-electron chi connectivity index (χ4n) is 2.69. The maximum Gasteiger partial charge on any atom is 0.449 e. The Morgan fingerprint density at radius 3 is 2.17 bits per heavy atom. The van der Waals surface area contributed by atoms with E-state index in [1.165, 1.54) is 30.3 Å². The van der Waals surface area contributed by atoms with Crippen LogP contribution in [0.3, 0.4) is 0 Å². The van der Waals surface area contributed by atoms with Gasteiger partial charge < -0.3 is 4.98 Å². The Morgan fingerprint density at radius 1 is 0.958 bits per heavy atom. The lowest BCUT2D eigenvalue weighted by atomic mass is 10.1.